The van der Waals surface area contributed by atoms with Gasteiger partial charge in [-0.1, -0.05) is 36.4 Å². The van der Waals surface area contributed by atoms with Gasteiger partial charge in [-0.3, -0.25) is 4.79 Å². The van der Waals surface area contributed by atoms with Crippen molar-refractivity contribution in [1.29, 1.82) is 0 Å². The fraction of sp³-hybridized carbons (Fsp3) is 0.0500. The molecular formula is C20H14FN3O2S2. The van der Waals surface area contributed by atoms with E-state index in [0.717, 1.165) is 10.4 Å². The highest BCUT2D eigenvalue weighted by Crippen LogP contribution is 2.37. The number of thiophene rings is 1. The summed E-state index contributed by atoms with van der Waals surface area (Å²) in [6.45, 7) is 0. The number of halogens is 1. The summed E-state index contributed by atoms with van der Waals surface area (Å²) in [6, 6.07) is 18.7. The number of rotatable bonds is 6. The van der Waals surface area contributed by atoms with Gasteiger partial charge in [0, 0.05) is 5.69 Å². The van der Waals surface area contributed by atoms with Gasteiger partial charge in [-0.05, 0) is 53.0 Å². The third-order valence-corrected chi connectivity index (χ3v) is 5.76. The summed E-state index contributed by atoms with van der Waals surface area (Å²) < 4.78 is 18.8. The molecule has 0 radical (unpaired) electrons. The Hall–Kier alpha value is -2.97. The zero-order valence-electron chi connectivity index (χ0n) is 14.4. The molecule has 0 bridgehead atoms. The van der Waals surface area contributed by atoms with Crippen LogP contribution >= 0.6 is 23.1 Å². The maximum absolute atomic E-state index is 13.1. The molecule has 4 aromatic rings. The molecule has 8 heteroatoms. The SMILES string of the molecule is O=C(Nc1ccc(F)cc1)C(Sc1nnc(-c2cccs2)o1)c1ccccc1. The maximum atomic E-state index is 13.1. The van der Waals surface area contributed by atoms with Gasteiger partial charge in [0.2, 0.25) is 5.91 Å². The molecular weight excluding hydrogens is 397 g/mol. The molecule has 0 aliphatic heterocycles. The summed E-state index contributed by atoms with van der Waals surface area (Å²) in [7, 11) is 0. The summed E-state index contributed by atoms with van der Waals surface area (Å²) in [5.74, 6) is -0.208. The number of carbonyl (C=O) groups is 1. The zero-order valence-corrected chi connectivity index (χ0v) is 16.0. The third kappa shape index (κ3) is 4.29. The number of aromatic nitrogens is 2. The normalized spacial score (nSPS) is 11.9. The number of nitrogens with one attached hydrogen (secondary N) is 1. The van der Waals surface area contributed by atoms with Crippen molar-refractivity contribution >= 4 is 34.7 Å². The second-order valence-corrected chi connectivity index (χ2v) is 7.76. The minimum atomic E-state index is -0.608. The summed E-state index contributed by atoms with van der Waals surface area (Å²) in [6.07, 6.45) is 0. The van der Waals surface area contributed by atoms with E-state index in [9.17, 15) is 9.18 Å². The molecule has 4 rings (SSSR count). The van der Waals surface area contributed by atoms with Crippen LogP contribution in [0.3, 0.4) is 0 Å². The van der Waals surface area contributed by atoms with E-state index < -0.39 is 5.25 Å². The van der Waals surface area contributed by atoms with E-state index in [-0.39, 0.29) is 11.7 Å². The second-order valence-electron chi connectivity index (χ2n) is 5.76. The smallest absolute Gasteiger partial charge is 0.278 e. The highest BCUT2D eigenvalue weighted by molar-refractivity contribution is 8.00. The lowest BCUT2D eigenvalue weighted by Gasteiger charge is -2.15. The van der Waals surface area contributed by atoms with Crippen LogP contribution < -0.4 is 5.32 Å². The fourth-order valence-corrected chi connectivity index (χ4v) is 4.02. The van der Waals surface area contributed by atoms with Crippen LogP contribution in [0, 0.1) is 5.82 Å². The number of hydrogen-bond acceptors (Lipinski definition) is 6. The third-order valence-electron chi connectivity index (χ3n) is 3.81. The van der Waals surface area contributed by atoms with Gasteiger partial charge < -0.3 is 9.73 Å². The van der Waals surface area contributed by atoms with Crippen LogP contribution in [-0.2, 0) is 4.79 Å². The molecule has 0 saturated heterocycles. The van der Waals surface area contributed by atoms with E-state index in [4.69, 9.17) is 4.42 Å². The Balaban J connectivity index is 1.57. The molecule has 0 aliphatic rings. The number of anilines is 1. The average Bonchev–Trinajstić information content (AvgIpc) is 3.40. The van der Waals surface area contributed by atoms with Crippen molar-refractivity contribution in [3.63, 3.8) is 0 Å². The Morgan fingerprint density at radius 1 is 1.04 bits per heavy atom. The molecule has 0 aliphatic carbocycles. The van der Waals surface area contributed by atoms with Crippen molar-refractivity contribution in [1.82, 2.24) is 10.2 Å². The van der Waals surface area contributed by atoms with Gasteiger partial charge in [-0.25, -0.2) is 4.39 Å². The lowest BCUT2D eigenvalue weighted by atomic mass is 10.1. The maximum Gasteiger partial charge on any atom is 0.278 e. The molecule has 2 aromatic heterocycles. The summed E-state index contributed by atoms with van der Waals surface area (Å²) in [4.78, 5) is 13.8. The molecule has 0 spiro atoms. The van der Waals surface area contributed by atoms with E-state index in [0.29, 0.717) is 16.8 Å². The van der Waals surface area contributed by atoms with Crippen molar-refractivity contribution in [2.45, 2.75) is 10.5 Å². The Kier molecular flexibility index (Phi) is 5.50. The highest BCUT2D eigenvalue weighted by atomic mass is 32.2. The van der Waals surface area contributed by atoms with Gasteiger partial charge >= 0.3 is 0 Å². The zero-order chi connectivity index (χ0) is 19.3. The first-order valence-corrected chi connectivity index (χ1v) is 10.1. The van der Waals surface area contributed by atoms with Crippen molar-refractivity contribution < 1.29 is 13.6 Å². The Bertz CT molecular complexity index is 1050. The van der Waals surface area contributed by atoms with Crippen molar-refractivity contribution in [3.05, 3.63) is 83.5 Å². The predicted octanol–water partition coefficient (Wildman–Crippen LogP) is 5.41. The van der Waals surface area contributed by atoms with E-state index in [1.807, 2.05) is 47.8 Å². The van der Waals surface area contributed by atoms with Gasteiger partial charge in [0.25, 0.3) is 11.1 Å². The number of nitrogens with zero attached hydrogens (tertiary/aromatic N) is 2. The predicted molar refractivity (Wildman–Crippen MR) is 108 cm³/mol. The van der Waals surface area contributed by atoms with Crippen LogP contribution in [0.1, 0.15) is 10.8 Å². The Morgan fingerprint density at radius 3 is 2.54 bits per heavy atom. The largest absolute Gasteiger partial charge is 0.410 e. The van der Waals surface area contributed by atoms with Crippen LogP contribution in [-0.4, -0.2) is 16.1 Å². The lowest BCUT2D eigenvalue weighted by molar-refractivity contribution is -0.115. The van der Waals surface area contributed by atoms with Crippen molar-refractivity contribution in [3.8, 4) is 10.8 Å². The molecule has 1 amide bonds. The quantitative estimate of drug-likeness (QED) is 0.430. The van der Waals surface area contributed by atoms with Crippen LogP contribution in [0.25, 0.3) is 10.8 Å². The van der Waals surface area contributed by atoms with Gasteiger partial charge in [-0.15, -0.1) is 21.5 Å². The molecule has 5 nitrogen and oxygen atoms in total. The first-order valence-electron chi connectivity index (χ1n) is 8.34. The monoisotopic (exact) mass is 411 g/mol. The molecule has 2 aromatic carbocycles. The summed E-state index contributed by atoms with van der Waals surface area (Å²) in [5, 5.41) is 12.5. The van der Waals surface area contributed by atoms with E-state index in [1.165, 1.54) is 47.4 Å². The highest BCUT2D eigenvalue weighted by Gasteiger charge is 2.25. The van der Waals surface area contributed by atoms with E-state index >= 15 is 0 Å². The average molecular weight is 411 g/mol. The Morgan fingerprint density at radius 2 is 1.82 bits per heavy atom. The van der Waals surface area contributed by atoms with Crippen LogP contribution in [0.2, 0.25) is 0 Å². The van der Waals surface area contributed by atoms with Crippen LogP contribution in [0.5, 0.6) is 0 Å². The van der Waals surface area contributed by atoms with Crippen LogP contribution in [0.4, 0.5) is 10.1 Å². The van der Waals surface area contributed by atoms with Crippen LogP contribution in [0.15, 0.2) is 81.8 Å². The first-order chi connectivity index (χ1) is 13.7. The lowest BCUT2D eigenvalue weighted by Crippen LogP contribution is -2.19. The van der Waals surface area contributed by atoms with Gasteiger partial charge in [0.05, 0.1) is 4.88 Å². The number of amides is 1. The molecule has 1 atom stereocenters. The molecule has 2 heterocycles. The number of benzene rings is 2. The molecule has 1 N–H and O–H groups in total. The second kappa shape index (κ2) is 8.37. The molecule has 1 unspecified atom stereocenters. The van der Waals surface area contributed by atoms with E-state index in [1.54, 1.807) is 0 Å². The topological polar surface area (TPSA) is 68.0 Å². The van der Waals surface area contributed by atoms with Crippen molar-refractivity contribution in [2.75, 3.05) is 5.32 Å². The summed E-state index contributed by atoms with van der Waals surface area (Å²) >= 11 is 2.67. The molecule has 0 saturated carbocycles. The number of carbonyl (C=O) groups excluding carboxylic acids is 1. The number of hydrogen-bond donors (Lipinski definition) is 1. The minimum absolute atomic E-state index is 0.265. The summed E-state index contributed by atoms with van der Waals surface area (Å²) in [5.41, 5.74) is 1.31. The number of thioether (sulfide) groups is 1. The Labute approximate surface area is 168 Å². The van der Waals surface area contributed by atoms with Crippen molar-refractivity contribution in [2.24, 2.45) is 0 Å². The van der Waals surface area contributed by atoms with Gasteiger partial charge in [0.15, 0.2) is 0 Å². The van der Waals surface area contributed by atoms with Gasteiger partial charge in [-0.2, -0.15) is 0 Å². The standard InChI is InChI=1S/C20H14FN3O2S2/c21-14-8-10-15(11-9-14)22-18(25)17(13-5-2-1-3-6-13)28-20-24-23-19(26-20)16-7-4-12-27-16/h1-12,17H,(H,22,25). The minimum Gasteiger partial charge on any atom is -0.410 e. The molecule has 0 fully saturated rings. The molecule has 28 heavy (non-hydrogen) atoms. The first kappa shape index (κ1) is 18.4. The molecule has 140 valence electrons. The fourth-order valence-electron chi connectivity index (χ4n) is 2.50. The van der Waals surface area contributed by atoms with E-state index in [2.05, 4.69) is 15.5 Å². The van der Waals surface area contributed by atoms with Gasteiger partial charge in [0.1, 0.15) is 11.1 Å².